The fourth-order valence-corrected chi connectivity index (χ4v) is 2.90. The molecule has 2 aromatic carbocycles. The Bertz CT molecular complexity index is 736. The molecule has 0 amide bonds. The van der Waals surface area contributed by atoms with Gasteiger partial charge in [-0.3, -0.25) is 5.43 Å². The van der Waals surface area contributed by atoms with Crippen LogP contribution < -0.4 is 15.6 Å². The largest absolute Gasteiger partial charge is 0.490 e. The lowest BCUT2D eigenvalue weighted by Crippen LogP contribution is -2.37. The topological polar surface area (TPSA) is 42.5 Å². The smallest absolute Gasteiger partial charge is 0.165 e. The Morgan fingerprint density at radius 2 is 1.82 bits per heavy atom. The van der Waals surface area contributed by atoms with E-state index >= 15 is 0 Å². The molecule has 1 aliphatic carbocycles. The zero-order valence-electron chi connectivity index (χ0n) is 16.2. The molecule has 1 fully saturated rings. The zero-order valence-corrected chi connectivity index (χ0v) is 16.2. The van der Waals surface area contributed by atoms with Gasteiger partial charge in [0.15, 0.2) is 11.6 Å². The molecule has 6 heteroatoms. The van der Waals surface area contributed by atoms with E-state index in [0.29, 0.717) is 32.3 Å². The summed E-state index contributed by atoms with van der Waals surface area (Å²) >= 11 is 0. The first-order chi connectivity index (χ1) is 13.7. The van der Waals surface area contributed by atoms with Gasteiger partial charge in [0, 0.05) is 19.8 Å². The molecule has 2 N–H and O–H groups in total. The normalized spacial score (nSPS) is 14.8. The average molecular weight is 390 g/mol. The molecular weight excluding hydrogens is 362 g/mol. The van der Waals surface area contributed by atoms with Gasteiger partial charge in [0.05, 0.1) is 12.6 Å². The predicted octanol–water partition coefficient (Wildman–Crippen LogP) is 4.36. The Balaban J connectivity index is 1.71. The molecule has 2 aromatic rings. The number of hydrazine groups is 1. The first-order valence-corrected chi connectivity index (χ1v) is 9.91. The van der Waals surface area contributed by atoms with E-state index in [4.69, 9.17) is 9.47 Å². The van der Waals surface area contributed by atoms with E-state index in [0.717, 1.165) is 30.4 Å². The van der Waals surface area contributed by atoms with Gasteiger partial charge in [-0.2, -0.15) is 0 Å². The maximum Gasteiger partial charge on any atom is 0.165 e. The molecule has 1 saturated carbocycles. The van der Waals surface area contributed by atoms with Crippen molar-refractivity contribution in [3.05, 3.63) is 65.2 Å². The minimum absolute atomic E-state index is 0.259. The van der Waals surface area contributed by atoms with Crippen molar-refractivity contribution in [1.29, 1.82) is 0 Å². The van der Waals surface area contributed by atoms with Gasteiger partial charge in [-0.05, 0) is 67.5 Å². The van der Waals surface area contributed by atoms with E-state index in [1.807, 2.05) is 6.92 Å². The van der Waals surface area contributed by atoms with Gasteiger partial charge in [0.25, 0.3) is 0 Å². The summed E-state index contributed by atoms with van der Waals surface area (Å²) in [5.74, 6) is 0.141. The molecule has 28 heavy (non-hydrogen) atoms. The summed E-state index contributed by atoms with van der Waals surface area (Å²) in [5.41, 5.74) is 8.18. The van der Waals surface area contributed by atoms with Crippen LogP contribution in [0.4, 0.5) is 8.78 Å². The molecule has 0 aliphatic heterocycles. The maximum atomic E-state index is 14.2. The third-order valence-electron chi connectivity index (χ3n) is 4.70. The van der Waals surface area contributed by atoms with Gasteiger partial charge in [-0.15, -0.1) is 0 Å². The summed E-state index contributed by atoms with van der Waals surface area (Å²) in [4.78, 5) is 0. The van der Waals surface area contributed by atoms with Crippen molar-refractivity contribution < 1.29 is 18.3 Å². The van der Waals surface area contributed by atoms with Crippen molar-refractivity contribution in [2.24, 2.45) is 5.92 Å². The summed E-state index contributed by atoms with van der Waals surface area (Å²) < 4.78 is 38.5. The Hall–Kier alpha value is -2.02. The summed E-state index contributed by atoms with van der Waals surface area (Å²) in [5, 5.41) is 0. The molecule has 0 aromatic heterocycles. The highest BCUT2D eigenvalue weighted by Gasteiger charge is 2.23. The maximum absolute atomic E-state index is 14.2. The molecule has 0 spiro atoms. The van der Waals surface area contributed by atoms with E-state index in [-0.39, 0.29) is 23.4 Å². The van der Waals surface area contributed by atoms with Crippen LogP contribution in [0.25, 0.3) is 0 Å². The summed E-state index contributed by atoms with van der Waals surface area (Å²) in [7, 11) is 0. The molecule has 1 aliphatic rings. The SMILES string of the molecule is CCOCCCNNC(c1ccc(F)cc1)c1ccc(F)c(OCC2CC2)c1. The molecule has 1 unspecified atom stereocenters. The Morgan fingerprint density at radius 3 is 2.54 bits per heavy atom. The lowest BCUT2D eigenvalue weighted by Gasteiger charge is -2.21. The van der Waals surface area contributed by atoms with Crippen molar-refractivity contribution in [1.82, 2.24) is 10.9 Å². The van der Waals surface area contributed by atoms with Crippen molar-refractivity contribution in [2.45, 2.75) is 32.2 Å². The highest BCUT2D eigenvalue weighted by Crippen LogP contribution is 2.32. The van der Waals surface area contributed by atoms with E-state index < -0.39 is 0 Å². The van der Waals surface area contributed by atoms with Crippen molar-refractivity contribution >= 4 is 0 Å². The first-order valence-electron chi connectivity index (χ1n) is 9.91. The molecule has 0 saturated heterocycles. The number of halogens is 2. The lowest BCUT2D eigenvalue weighted by atomic mass is 9.99. The molecular formula is C22H28F2N2O2. The fourth-order valence-electron chi connectivity index (χ4n) is 2.90. The fraction of sp³-hybridized carbons (Fsp3) is 0.455. The van der Waals surface area contributed by atoms with Crippen LogP contribution >= 0.6 is 0 Å². The highest BCUT2D eigenvalue weighted by atomic mass is 19.1. The Labute approximate surface area is 165 Å². The van der Waals surface area contributed by atoms with Crippen LogP contribution in [0.1, 0.15) is 43.4 Å². The molecule has 0 heterocycles. The third-order valence-corrected chi connectivity index (χ3v) is 4.70. The standard InChI is InChI=1S/C22H28F2N2O2/c1-2-27-13-3-12-25-26-22(17-6-9-19(23)10-7-17)18-8-11-20(24)21(14-18)28-15-16-4-5-16/h6-11,14,16,22,25-26H,2-5,12-13,15H2,1H3. The molecule has 3 rings (SSSR count). The van der Waals surface area contributed by atoms with Crippen LogP contribution in [0.5, 0.6) is 5.75 Å². The Kier molecular flexibility index (Phi) is 7.77. The van der Waals surface area contributed by atoms with Crippen LogP contribution in [0.3, 0.4) is 0 Å². The Morgan fingerprint density at radius 1 is 1.07 bits per heavy atom. The summed E-state index contributed by atoms with van der Waals surface area (Å²) in [6, 6.07) is 10.9. The van der Waals surface area contributed by atoms with E-state index in [1.165, 1.54) is 18.2 Å². The van der Waals surface area contributed by atoms with Crippen LogP contribution in [0.2, 0.25) is 0 Å². The van der Waals surface area contributed by atoms with Crippen molar-refractivity contribution in [3.8, 4) is 5.75 Å². The average Bonchev–Trinajstić information content (AvgIpc) is 3.53. The van der Waals surface area contributed by atoms with Crippen LogP contribution in [0, 0.1) is 17.6 Å². The molecule has 0 bridgehead atoms. The molecule has 4 nitrogen and oxygen atoms in total. The first kappa shape index (κ1) is 20.7. The number of ether oxygens (including phenoxy) is 2. The van der Waals surface area contributed by atoms with Gasteiger partial charge in [0.1, 0.15) is 5.82 Å². The van der Waals surface area contributed by atoms with Gasteiger partial charge in [-0.25, -0.2) is 14.2 Å². The monoisotopic (exact) mass is 390 g/mol. The minimum atomic E-state index is -0.369. The van der Waals surface area contributed by atoms with E-state index in [2.05, 4.69) is 10.9 Å². The number of rotatable bonds is 12. The van der Waals surface area contributed by atoms with Gasteiger partial charge >= 0.3 is 0 Å². The van der Waals surface area contributed by atoms with Crippen molar-refractivity contribution in [2.75, 3.05) is 26.4 Å². The third kappa shape index (κ3) is 6.26. The van der Waals surface area contributed by atoms with E-state index in [1.54, 1.807) is 24.3 Å². The predicted molar refractivity (Wildman–Crippen MR) is 105 cm³/mol. The number of nitrogens with one attached hydrogen (secondary N) is 2. The number of hydrogen-bond acceptors (Lipinski definition) is 4. The second kappa shape index (κ2) is 10.5. The van der Waals surface area contributed by atoms with Crippen LogP contribution in [-0.2, 0) is 4.74 Å². The van der Waals surface area contributed by atoms with Gasteiger partial charge < -0.3 is 9.47 Å². The molecule has 152 valence electrons. The lowest BCUT2D eigenvalue weighted by molar-refractivity contribution is 0.143. The highest BCUT2D eigenvalue weighted by molar-refractivity contribution is 5.37. The molecule has 0 radical (unpaired) electrons. The quantitative estimate of drug-likeness (QED) is 0.417. The second-order valence-electron chi connectivity index (χ2n) is 7.05. The van der Waals surface area contributed by atoms with E-state index in [9.17, 15) is 8.78 Å². The number of hydrogen-bond donors (Lipinski definition) is 2. The van der Waals surface area contributed by atoms with Crippen LogP contribution in [0.15, 0.2) is 42.5 Å². The second-order valence-corrected chi connectivity index (χ2v) is 7.05. The number of benzene rings is 2. The van der Waals surface area contributed by atoms with Gasteiger partial charge in [-0.1, -0.05) is 18.2 Å². The zero-order chi connectivity index (χ0) is 19.8. The van der Waals surface area contributed by atoms with Crippen LogP contribution in [-0.4, -0.2) is 26.4 Å². The van der Waals surface area contributed by atoms with Gasteiger partial charge in [0.2, 0.25) is 0 Å². The summed E-state index contributed by atoms with van der Waals surface area (Å²) in [6.07, 6.45) is 3.15. The summed E-state index contributed by atoms with van der Waals surface area (Å²) in [6.45, 7) is 4.61. The van der Waals surface area contributed by atoms with Crippen molar-refractivity contribution in [3.63, 3.8) is 0 Å². The molecule has 1 atom stereocenters. The minimum Gasteiger partial charge on any atom is -0.490 e.